The van der Waals surface area contributed by atoms with Crippen molar-refractivity contribution in [2.75, 3.05) is 10.6 Å². The Bertz CT molecular complexity index is 507. The van der Waals surface area contributed by atoms with Crippen LogP contribution in [0.15, 0.2) is 36.0 Å². The van der Waals surface area contributed by atoms with Crippen LogP contribution < -0.4 is 10.6 Å². The molecule has 21 heavy (non-hydrogen) atoms. The Labute approximate surface area is 125 Å². The maximum absolute atomic E-state index is 10.9. The third-order valence-corrected chi connectivity index (χ3v) is 2.86. The van der Waals surface area contributed by atoms with Gasteiger partial charge in [0.15, 0.2) is 0 Å². The number of anilines is 2. The molecule has 0 fully saturated rings. The van der Waals surface area contributed by atoms with Gasteiger partial charge >= 0.3 is 5.97 Å². The molecule has 5 nitrogen and oxygen atoms in total. The molecule has 1 aromatic rings. The summed E-state index contributed by atoms with van der Waals surface area (Å²) in [6, 6.07) is 7.16. The van der Waals surface area contributed by atoms with Crippen LogP contribution in [0.1, 0.15) is 39.5 Å². The number of aliphatic carboxylic acids is 1. The third-order valence-electron chi connectivity index (χ3n) is 2.86. The highest BCUT2D eigenvalue weighted by Crippen LogP contribution is 2.18. The van der Waals surface area contributed by atoms with Crippen LogP contribution in [0.4, 0.5) is 11.4 Å². The number of carboxylic acids is 1. The molecule has 5 heteroatoms. The molecule has 0 aliphatic carbocycles. The maximum atomic E-state index is 10.9. The molecule has 0 spiro atoms. The van der Waals surface area contributed by atoms with Crippen molar-refractivity contribution in [3.05, 3.63) is 36.0 Å². The van der Waals surface area contributed by atoms with Crippen molar-refractivity contribution in [2.45, 2.75) is 39.5 Å². The van der Waals surface area contributed by atoms with Crippen LogP contribution in [0.5, 0.6) is 0 Å². The van der Waals surface area contributed by atoms with Gasteiger partial charge in [0.05, 0.1) is 0 Å². The Hall–Kier alpha value is -2.30. The van der Waals surface area contributed by atoms with Crippen LogP contribution >= 0.6 is 0 Å². The van der Waals surface area contributed by atoms with E-state index in [1.165, 1.54) is 13.0 Å². The van der Waals surface area contributed by atoms with Crippen LogP contribution in [-0.4, -0.2) is 17.0 Å². The highest BCUT2D eigenvalue weighted by atomic mass is 16.4. The highest BCUT2D eigenvalue weighted by molar-refractivity contribution is 5.88. The molecule has 0 aliphatic rings. The van der Waals surface area contributed by atoms with Crippen molar-refractivity contribution in [2.24, 2.45) is 0 Å². The topological polar surface area (TPSA) is 78.4 Å². The number of amides is 1. The molecule has 0 heterocycles. The maximum Gasteiger partial charge on any atom is 0.330 e. The summed E-state index contributed by atoms with van der Waals surface area (Å²) in [4.78, 5) is 21.8. The van der Waals surface area contributed by atoms with Crippen molar-refractivity contribution in [3.63, 3.8) is 0 Å². The molecule has 0 saturated carbocycles. The SMILES string of the molecule is CCCCCC(=CC(=O)O)Nc1ccc(NC(C)=O)cc1. The van der Waals surface area contributed by atoms with E-state index in [-0.39, 0.29) is 5.91 Å². The summed E-state index contributed by atoms with van der Waals surface area (Å²) < 4.78 is 0. The third kappa shape index (κ3) is 7.15. The van der Waals surface area contributed by atoms with Gasteiger partial charge in [0.25, 0.3) is 0 Å². The minimum Gasteiger partial charge on any atom is -0.478 e. The predicted molar refractivity (Wildman–Crippen MR) is 84.2 cm³/mol. The fraction of sp³-hybridized carbons (Fsp3) is 0.375. The lowest BCUT2D eigenvalue weighted by atomic mass is 10.1. The van der Waals surface area contributed by atoms with Gasteiger partial charge < -0.3 is 15.7 Å². The molecule has 0 atom stereocenters. The summed E-state index contributed by atoms with van der Waals surface area (Å²) >= 11 is 0. The molecule has 1 aromatic carbocycles. The predicted octanol–water partition coefficient (Wildman–Crippen LogP) is 3.61. The van der Waals surface area contributed by atoms with Crippen LogP contribution in [0, 0.1) is 0 Å². The average Bonchev–Trinajstić information content (AvgIpc) is 2.40. The fourth-order valence-corrected chi connectivity index (χ4v) is 1.91. The zero-order valence-corrected chi connectivity index (χ0v) is 12.5. The average molecular weight is 290 g/mol. The number of carbonyl (C=O) groups excluding carboxylic acids is 1. The molecule has 0 aromatic heterocycles. The summed E-state index contributed by atoms with van der Waals surface area (Å²) in [5.41, 5.74) is 2.19. The largest absolute Gasteiger partial charge is 0.478 e. The highest BCUT2D eigenvalue weighted by Gasteiger charge is 2.03. The van der Waals surface area contributed by atoms with E-state index in [4.69, 9.17) is 5.11 Å². The van der Waals surface area contributed by atoms with Gasteiger partial charge in [-0.1, -0.05) is 19.8 Å². The van der Waals surface area contributed by atoms with E-state index >= 15 is 0 Å². The lowest BCUT2D eigenvalue weighted by Crippen LogP contribution is -2.06. The number of rotatable bonds is 8. The molecule has 0 radical (unpaired) electrons. The Kier molecular flexibility index (Phi) is 7.01. The minimum atomic E-state index is -0.955. The molecule has 114 valence electrons. The first-order chi connectivity index (χ1) is 10.0. The molecule has 3 N–H and O–H groups in total. The Morgan fingerprint density at radius 1 is 1.10 bits per heavy atom. The van der Waals surface area contributed by atoms with Gasteiger partial charge in [-0.2, -0.15) is 0 Å². The van der Waals surface area contributed by atoms with Crippen LogP contribution in [0.25, 0.3) is 0 Å². The smallest absolute Gasteiger partial charge is 0.330 e. The number of hydrogen-bond acceptors (Lipinski definition) is 3. The molecule has 0 saturated heterocycles. The summed E-state index contributed by atoms with van der Waals surface area (Å²) in [5, 5.41) is 14.7. The van der Waals surface area contributed by atoms with E-state index in [2.05, 4.69) is 17.6 Å². The van der Waals surface area contributed by atoms with E-state index in [1.807, 2.05) is 0 Å². The summed E-state index contributed by atoms with van der Waals surface area (Å²) in [7, 11) is 0. The van der Waals surface area contributed by atoms with E-state index in [0.29, 0.717) is 17.8 Å². The van der Waals surface area contributed by atoms with Crippen molar-refractivity contribution in [1.29, 1.82) is 0 Å². The summed E-state index contributed by atoms with van der Waals surface area (Å²) in [6.07, 6.45) is 5.02. The minimum absolute atomic E-state index is 0.123. The number of benzene rings is 1. The number of carbonyl (C=O) groups is 2. The van der Waals surface area contributed by atoms with Crippen molar-refractivity contribution in [1.82, 2.24) is 0 Å². The van der Waals surface area contributed by atoms with Gasteiger partial charge in [0.1, 0.15) is 0 Å². The first-order valence-corrected chi connectivity index (χ1v) is 7.09. The molecule has 0 aliphatic heterocycles. The standard InChI is InChI=1S/C16H22N2O3/c1-3-4-5-6-15(11-16(20)21)18-14-9-7-13(8-10-14)17-12(2)19/h7-11,18H,3-6H2,1-2H3,(H,17,19)(H,20,21). The zero-order chi connectivity index (χ0) is 15.7. The van der Waals surface area contributed by atoms with Crippen molar-refractivity contribution >= 4 is 23.3 Å². The number of carboxylic acid groups (broad SMARTS) is 1. The van der Waals surface area contributed by atoms with E-state index in [1.54, 1.807) is 24.3 Å². The zero-order valence-electron chi connectivity index (χ0n) is 12.5. The lowest BCUT2D eigenvalue weighted by molar-refractivity contribution is -0.131. The quantitative estimate of drug-likeness (QED) is 0.505. The van der Waals surface area contributed by atoms with Gasteiger partial charge in [-0.15, -0.1) is 0 Å². The second-order valence-electron chi connectivity index (χ2n) is 4.85. The first-order valence-electron chi connectivity index (χ1n) is 7.09. The number of allylic oxidation sites excluding steroid dienone is 1. The Morgan fingerprint density at radius 3 is 2.14 bits per heavy atom. The summed E-state index contributed by atoms with van der Waals surface area (Å²) in [5.74, 6) is -1.08. The van der Waals surface area contributed by atoms with Gasteiger partial charge in [0.2, 0.25) is 5.91 Å². The molecular formula is C16H22N2O3. The summed E-state index contributed by atoms with van der Waals surface area (Å²) in [6.45, 7) is 3.56. The second-order valence-corrected chi connectivity index (χ2v) is 4.85. The molecule has 1 amide bonds. The lowest BCUT2D eigenvalue weighted by Gasteiger charge is -2.11. The Morgan fingerprint density at radius 2 is 1.67 bits per heavy atom. The van der Waals surface area contributed by atoms with Gasteiger partial charge in [-0.25, -0.2) is 4.79 Å². The monoisotopic (exact) mass is 290 g/mol. The molecule has 0 unspecified atom stereocenters. The van der Waals surface area contributed by atoms with E-state index in [9.17, 15) is 9.59 Å². The normalized spacial score (nSPS) is 11.0. The fourth-order valence-electron chi connectivity index (χ4n) is 1.91. The number of hydrogen-bond donors (Lipinski definition) is 3. The van der Waals surface area contributed by atoms with Gasteiger partial charge in [0, 0.05) is 30.1 Å². The number of unbranched alkanes of at least 4 members (excludes halogenated alkanes) is 2. The molecule has 1 rings (SSSR count). The van der Waals surface area contributed by atoms with E-state index < -0.39 is 5.97 Å². The van der Waals surface area contributed by atoms with Crippen molar-refractivity contribution in [3.8, 4) is 0 Å². The second kappa shape index (κ2) is 8.79. The first kappa shape index (κ1) is 16.8. The van der Waals surface area contributed by atoms with Crippen molar-refractivity contribution < 1.29 is 14.7 Å². The molecular weight excluding hydrogens is 268 g/mol. The van der Waals surface area contributed by atoms with Crippen LogP contribution in [0.2, 0.25) is 0 Å². The Balaban J connectivity index is 2.69. The van der Waals surface area contributed by atoms with Gasteiger partial charge in [-0.05, 0) is 37.1 Å². The van der Waals surface area contributed by atoms with E-state index in [0.717, 1.165) is 24.9 Å². The van der Waals surface area contributed by atoms with Crippen LogP contribution in [-0.2, 0) is 9.59 Å². The number of nitrogens with one attached hydrogen (secondary N) is 2. The van der Waals surface area contributed by atoms with Crippen LogP contribution in [0.3, 0.4) is 0 Å². The molecule has 0 bridgehead atoms. The van der Waals surface area contributed by atoms with Gasteiger partial charge in [-0.3, -0.25) is 4.79 Å².